The molecule has 0 radical (unpaired) electrons. The van der Waals surface area contributed by atoms with Gasteiger partial charge in [0.15, 0.2) is 10.6 Å². The number of carbonyl (C=O) groups excluding carboxylic acids is 1. The van der Waals surface area contributed by atoms with Gasteiger partial charge in [-0.05, 0) is 19.1 Å². The minimum Gasteiger partial charge on any atom is -0.496 e. The summed E-state index contributed by atoms with van der Waals surface area (Å²) in [5.41, 5.74) is 1.38. The number of halogens is 2. The standard InChI is InChI=1S/C10H10Cl2O2/c1-6-3-4-8(14-2)7(5-6)9(13)10(11)12/h3-5,10H,1-2H3. The highest BCUT2D eigenvalue weighted by molar-refractivity contribution is 6.55. The zero-order valence-electron chi connectivity index (χ0n) is 7.88. The molecule has 0 unspecified atom stereocenters. The molecular weight excluding hydrogens is 223 g/mol. The first-order valence-corrected chi connectivity index (χ1v) is 4.90. The first kappa shape index (κ1) is 11.3. The van der Waals surface area contributed by atoms with Gasteiger partial charge in [0.25, 0.3) is 0 Å². The van der Waals surface area contributed by atoms with Gasteiger partial charge in [0.05, 0.1) is 12.7 Å². The second kappa shape index (κ2) is 4.67. The molecule has 0 aliphatic carbocycles. The summed E-state index contributed by atoms with van der Waals surface area (Å²) in [5.74, 6) is 0.154. The van der Waals surface area contributed by atoms with Gasteiger partial charge in [0, 0.05) is 0 Å². The maximum Gasteiger partial charge on any atom is 0.199 e. The molecule has 0 heterocycles. The number of carbonyl (C=O) groups is 1. The van der Waals surface area contributed by atoms with Crippen LogP contribution in [-0.2, 0) is 0 Å². The van der Waals surface area contributed by atoms with Crippen LogP contribution in [0.2, 0.25) is 0 Å². The number of hydrogen-bond donors (Lipinski definition) is 0. The lowest BCUT2D eigenvalue weighted by atomic mass is 10.1. The van der Waals surface area contributed by atoms with E-state index in [-0.39, 0.29) is 5.78 Å². The number of aryl methyl sites for hydroxylation is 1. The van der Waals surface area contributed by atoms with Crippen molar-refractivity contribution in [2.75, 3.05) is 7.11 Å². The zero-order chi connectivity index (χ0) is 10.7. The predicted molar refractivity (Wildman–Crippen MR) is 57.6 cm³/mol. The van der Waals surface area contributed by atoms with Crippen molar-refractivity contribution in [3.63, 3.8) is 0 Å². The Morgan fingerprint density at radius 3 is 2.57 bits per heavy atom. The molecule has 0 N–H and O–H groups in total. The zero-order valence-corrected chi connectivity index (χ0v) is 9.39. The largest absolute Gasteiger partial charge is 0.496 e. The molecule has 76 valence electrons. The fourth-order valence-corrected chi connectivity index (χ4v) is 1.37. The number of rotatable bonds is 3. The molecule has 0 amide bonds. The summed E-state index contributed by atoms with van der Waals surface area (Å²) < 4.78 is 5.03. The third kappa shape index (κ3) is 2.40. The molecule has 0 spiro atoms. The van der Waals surface area contributed by atoms with Crippen LogP contribution in [0, 0.1) is 6.92 Å². The van der Waals surface area contributed by atoms with Crippen molar-refractivity contribution in [3.8, 4) is 5.75 Å². The van der Waals surface area contributed by atoms with Crippen LogP contribution in [0.3, 0.4) is 0 Å². The minimum absolute atomic E-state index is 0.339. The van der Waals surface area contributed by atoms with E-state index < -0.39 is 4.84 Å². The van der Waals surface area contributed by atoms with E-state index in [0.717, 1.165) is 5.56 Å². The van der Waals surface area contributed by atoms with Crippen molar-refractivity contribution in [1.29, 1.82) is 0 Å². The van der Waals surface area contributed by atoms with Crippen molar-refractivity contribution < 1.29 is 9.53 Å². The number of methoxy groups -OCH3 is 1. The average molecular weight is 233 g/mol. The van der Waals surface area contributed by atoms with Crippen LogP contribution in [0.15, 0.2) is 18.2 Å². The van der Waals surface area contributed by atoms with E-state index in [2.05, 4.69) is 0 Å². The van der Waals surface area contributed by atoms with E-state index in [0.29, 0.717) is 11.3 Å². The summed E-state index contributed by atoms with van der Waals surface area (Å²) in [5, 5.41) is 0. The molecule has 2 nitrogen and oxygen atoms in total. The highest BCUT2D eigenvalue weighted by Crippen LogP contribution is 2.23. The number of alkyl halides is 2. The lowest BCUT2D eigenvalue weighted by Crippen LogP contribution is -2.10. The molecule has 4 heteroatoms. The summed E-state index contributed by atoms with van der Waals surface area (Å²) in [6.45, 7) is 1.88. The molecule has 0 saturated heterocycles. The normalized spacial score (nSPS) is 10.4. The van der Waals surface area contributed by atoms with Gasteiger partial charge in [-0.2, -0.15) is 0 Å². The summed E-state index contributed by atoms with van der Waals surface area (Å²) in [4.78, 5) is 10.5. The van der Waals surface area contributed by atoms with Crippen LogP contribution >= 0.6 is 23.2 Å². The van der Waals surface area contributed by atoms with E-state index >= 15 is 0 Å². The van der Waals surface area contributed by atoms with Crippen molar-refractivity contribution in [1.82, 2.24) is 0 Å². The summed E-state index contributed by atoms with van der Waals surface area (Å²) in [7, 11) is 1.50. The highest BCUT2D eigenvalue weighted by Gasteiger charge is 2.18. The van der Waals surface area contributed by atoms with Crippen LogP contribution in [0.25, 0.3) is 0 Å². The van der Waals surface area contributed by atoms with Crippen molar-refractivity contribution in [2.45, 2.75) is 11.8 Å². The van der Waals surface area contributed by atoms with Crippen molar-refractivity contribution >= 4 is 29.0 Å². The van der Waals surface area contributed by atoms with Crippen LogP contribution in [0.5, 0.6) is 5.75 Å². The molecule has 0 fully saturated rings. The number of benzene rings is 1. The van der Waals surface area contributed by atoms with Gasteiger partial charge in [-0.1, -0.05) is 34.8 Å². The van der Waals surface area contributed by atoms with E-state index in [1.807, 2.05) is 13.0 Å². The highest BCUT2D eigenvalue weighted by atomic mass is 35.5. The van der Waals surface area contributed by atoms with Gasteiger partial charge in [-0.25, -0.2) is 0 Å². The molecule has 0 saturated carbocycles. The van der Waals surface area contributed by atoms with Gasteiger partial charge in [0.2, 0.25) is 0 Å². The van der Waals surface area contributed by atoms with Crippen LogP contribution < -0.4 is 4.74 Å². The average Bonchev–Trinajstić information content (AvgIpc) is 2.16. The molecule has 0 aliphatic heterocycles. The Labute approximate surface area is 92.8 Å². The van der Waals surface area contributed by atoms with E-state index in [1.54, 1.807) is 12.1 Å². The smallest absolute Gasteiger partial charge is 0.199 e. The number of ether oxygens (including phenoxy) is 1. The third-order valence-corrected chi connectivity index (χ3v) is 2.22. The molecule has 1 aromatic rings. The predicted octanol–water partition coefficient (Wildman–Crippen LogP) is 2.99. The van der Waals surface area contributed by atoms with Crippen LogP contribution in [-0.4, -0.2) is 17.7 Å². The molecule has 1 rings (SSSR count). The van der Waals surface area contributed by atoms with Crippen LogP contribution in [0.4, 0.5) is 0 Å². The molecule has 14 heavy (non-hydrogen) atoms. The Kier molecular flexibility index (Phi) is 3.78. The molecule has 0 bridgehead atoms. The molecule has 0 aromatic heterocycles. The third-order valence-electron chi connectivity index (χ3n) is 1.82. The molecular formula is C10H10Cl2O2. The summed E-state index contributed by atoms with van der Waals surface area (Å²) in [6, 6.07) is 5.28. The second-order valence-electron chi connectivity index (χ2n) is 2.87. The fourth-order valence-electron chi connectivity index (χ4n) is 1.13. The Morgan fingerprint density at radius 2 is 2.07 bits per heavy atom. The van der Waals surface area contributed by atoms with Gasteiger partial charge in [-0.15, -0.1) is 0 Å². The maximum atomic E-state index is 11.5. The van der Waals surface area contributed by atoms with Gasteiger partial charge < -0.3 is 4.74 Å². The van der Waals surface area contributed by atoms with Crippen molar-refractivity contribution in [2.24, 2.45) is 0 Å². The van der Waals surface area contributed by atoms with Gasteiger partial charge >= 0.3 is 0 Å². The van der Waals surface area contributed by atoms with E-state index in [4.69, 9.17) is 27.9 Å². The Hall–Kier alpha value is -0.730. The fraction of sp³-hybridized carbons (Fsp3) is 0.300. The molecule has 1 aromatic carbocycles. The Morgan fingerprint density at radius 1 is 1.43 bits per heavy atom. The van der Waals surface area contributed by atoms with Gasteiger partial charge in [-0.3, -0.25) is 4.79 Å². The Balaban J connectivity index is 3.17. The van der Waals surface area contributed by atoms with E-state index in [1.165, 1.54) is 7.11 Å². The van der Waals surface area contributed by atoms with Crippen LogP contribution in [0.1, 0.15) is 15.9 Å². The lowest BCUT2D eigenvalue weighted by molar-refractivity contribution is 0.100. The Bertz CT molecular complexity index is 348. The summed E-state index contributed by atoms with van der Waals surface area (Å²) >= 11 is 11.0. The van der Waals surface area contributed by atoms with Gasteiger partial charge in [0.1, 0.15) is 5.75 Å². The maximum absolute atomic E-state index is 11.5. The first-order chi connectivity index (χ1) is 6.56. The topological polar surface area (TPSA) is 26.3 Å². The number of ketones is 1. The molecule has 0 aliphatic rings. The second-order valence-corrected chi connectivity index (χ2v) is 3.96. The molecule has 0 atom stereocenters. The first-order valence-electron chi connectivity index (χ1n) is 4.03. The monoisotopic (exact) mass is 232 g/mol. The minimum atomic E-state index is -1.05. The number of Topliss-reactive ketones (excluding diaryl/α,β-unsaturated/α-hetero) is 1. The van der Waals surface area contributed by atoms with Crippen molar-refractivity contribution in [3.05, 3.63) is 29.3 Å². The number of hydrogen-bond acceptors (Lipinski definition) is 2. The van der Waals surface area contributed by atoms with E-state index in [9.17, 15) is 4.79 Å². The lowest BCUT2D eigenvalue weighted by Gasteiger charge is -2.08. The SMILES string of the molecule is COc1ccc(C)cc1C(=O)C(Cl)Cl. The summed E-state index contributed by atoms with van der Waals surface area (Å²) in [6.07, 6.45) is 0. The quantitative estimate of drug-likeness (QED) is 0.592.